The topological polar surface area (TPSA) is 121 Å². The normalized spacial score (nSPS) is 12.6. The lowest BCUT2D eigenvalue weighted by atomic mass is 9.96. The van der Waals surface area contributed by atoms with Gasteiger partial charge >= 0.3 is 24.3 Å². The van der Waals surface area contributed by atoms with E-state index in [-0.39, 0.29) is 60.8 Å². The lowest BCUT2D eigenvalue weighted by Gasteiger charge is -2.16. The number of hydrogen-bond acceptors (Lipinski definition) is 9. The van der Waals surface area contributed by atoms with Gasteiger partial charge in [0.1, 0.15) is 23.0 Å². The van der Waals surface area contributed by atoms with E-state index in [4.69, 9.17) is 33.9 Å². The molecule has 4 rings (SSSR count). The summed E-state index contributed by atoms with van der Waals surface area (Å²) in [5.41, 5.74) is 0.386. The largest absolute Gasteiger partial charge is 0.508 e. The van der Waals surface area contributed by atoms with Crippen LogP contribution in [0.4, 0.5) is 26.3 Å². The highest BCUT2D eigenvalue weighted by molar-refractivity contribution is 5.71. The molecule has 63 heavy (non-hydrogen) atoms. The molecule has 0 amide bonds. The van der Waals surface area contributed by atoms with Crippen molar-refractivity contribution in [3.05, 3.63) is 119 Å². The van der Waals surface area contributed by atoms with E-state index >= 15 is 0 Å². The van der Waals surface area contributed by atoms with Crippen molar-refractivity contribution in [2.24, 2.45) is 11.8 Å². The standard InChI is InChI=1S/C24H25F3O4.C17H22O4.C7H5F3O/c1-4-5-19(14-23(28)29-3)18-6-10-21(11-7-18)30-15-17(2)16-31-22-12-8-20(9-13-22)24(25,26)27;1-4-5-15(10-17(19)20-3)14-6-8-16(9-7-14)21-12-13(2)11-18;8-7(9,10)5-1-3-6(11)4-2-5/h6-13,17,19H,14-16H2,1-3H3;6-9,13,15,18H,10-12H2,1-3H3;1-4,11H. The Morgan fingerprint density at radius 3 is 1.17 bits per heavy atom. The van der Waals surface area contributed by atoms with Crippen LogP contribution < -0.4 is 14.2 Å². The Bertz CT molecular complexity index is 2080. The molecule has 0 aliphatic rings. The molecule has 0 saturated carbocycles. The minimum Gasteiger partial charge on any atom is -0.508 e. The van der Waals surface area contributed by atoms with Crippen molar-refractivity contribution in [1.82, 2.24) is 0 Å². The van der Waals surface area contributed by atoms with Gasteiger partial charge in [0.2, 0.25) is 0 Å². The van der Waals surface area contributed by atoms with Gasteiger partial charge in [0.15, 0.2) is 0 Å². The zero-order valence-electron chi connectivity index (χ0n) is 35.8. The smallest absolute Gasteiger partial charge is 0.416 e. The Balaban J connectivity index is 0.000000365. The van der Waals surface area contributed by atoms with Crippen LogP contribution in [0.3, 0.4) is 0 Å². The predicted octanol–water partition coefficient (Wildman–Crippen LogP) is 10.2. The van der Waals surface area contributed by atoms with Crippen LogP contribution in [0.25, 0.3) is 0 Å². The van der Waals surface area contributed by atoms with E-state index in [2.05, 4.69) is 23.7 Å². The molecular weight excluding hydrogens is 835 g/mol. The number of rotatable bonds is 16. The molecule has 340 valence electrons. The predicted molar refractivity (Wildman–Crippen MR) is 225 cm³/mol. The van der Waals surface area contributed by atoms with Gasteiger partial charge in [0, 0.05) is 18.4 Å². The SMILES string of the molecule is CC#CC(CC(=O)OC)c1ccc(OCC(C)CO)cc1.CC#CC(CC(=O)OC)c1ccc(OCC(C)COc2ccc(C(F)(F)F)cc2)cc1.Oc1ccc(C(F)(F)F)cc1. The second kappa shape index (κ2) is 26.9. The number of aliphatic hydroxyl groups is 1. The van der Waals surface area contributed by atoms with Crippen molar-refractivity contribution in [2.75, 3.05) is 40.6 Å². The van der Waals surface area contributed by atoms with Gasteiger partial charge in [-0.2, -0.15) is 26.3 Å². The molecule has 0 radical (unpaired) electrons. The molecule has 4 aromatic carbocycles. The Hall–Kier alpha value is -6.32. The van der Waals surface area contributed by atoms with Gasteiger partial charge in [-0.1, -0.05) is 50.0 Å². The second-order valence-electron chi connectivity index (χ2n) is 14.0. The average Bonchev–Trinajstić information content (AvgIpc) is 3.26. The molecule has 0 saturated heterocycles. The first-order valence-corrected chi connectivity index (χ1v) is 19.5. The molecule has 0 spiro atoms. The van der Waals surface area contributed by atoms with E-state index < -0.39 is 23.5 Å². The number of phenols is 1. The van der Waals surface area contributed by atoms with Crippen molar-refractivity contribution in [3.8, 4) is 46.7 Å². The Kier molecular flexibility index (Phi) is 22.5. The molecule has 2 N–H and O–H groups in total. The number of aromatic hydroxyl groups is 1. The van der Waals surface area contributed by atoms with E-state index in [0.717, 1.165) is 53.3 Å². The number of alkyl halides is 6. The first-order valence-electron chi connectivity index (χ1n) is 19.5. The highest BCUT2D eigenvalue weighted by Crippen LogP contribution is 2.31. The zero-order valence-corrected chi connectivity index (χ0v) is 35.8. The molecule has 0 fully saturated rings. The van der Waals surface area contributed by atoms with E-state index in [0.29, 0.717) is 31.3 Å². The number of methoxy groups -OCH3 is 2. The van der Waals surface area contributed by atoms with E-state index in [9.17, 15) is 35.9 Å². The number of carbonyl (C=O) groups is 2. The van der Waals surface area contributed by atoms with Crippen LogP contribution >= 0.6 is 0 Å². The van der Waals surface area contributed by atoms with Gasteiger partial charge in [0.05, 0.1) is 69.8 Å². The first kappa shape index (κ1) is 52.8. The van der Waals surface area contributed by atoms with Crippen molar-refractivity contribution in [1.29, 1.82) is 0 Å². The monoisotopic (exact) mass is 886 g/mol. The van der Waals surface area contributed by atoms with Gasteiger partial charge in [-0.15, -0.1) is 11.8 Å². The van der Waals surface area contributed by atoms with Crippen molar-refractivity contribution in [2.45, 2.75) is 64.7 Å². The summed E-state index contributed by atoms with van der Waals surface area (Å²) in [6, 6.07) is 23.1. The number of halogens is 6. The third-order valence-corrected chi connectivity index (χ3v) is 8.69. The molecule has 0 aliphatic carbocycles. The number of aliphatic hydroxyl groups excluding tert-OH is 1. The summed E-state index contributed by atoms with van der Waals surface area (Å²) >= 11 is 0. The van der Waals surface area contributed by atoms with Gasteiger partial charge < -0.3 is 33.9 Å². The van der Waals surface area contributed by atoms with Crippen LogP contribution in [0.5, 0.6) is 23.0 Å². The fraction of sp³-hybridized carbons (Fsp3) is 0.375. The summed E-state index contributed by atoms with van der Waals surface area (Å²) < 4.78 is 99.6. The summed E-state index contributed by atoms with van der Waals surface area (Å²) in [6.07, 6.45) is -8.28. The number of phenolic OH excluding ortho intramolecular Hbond substituents is 1. The minimum atomic E-state index is -4.36. The quantitative estimate of drug-likeness (QED) is 0.0644. The third kappa shape index (κ3) is 20.4. The second-order valence-corrected chi connectivity index (χ2v) is 14.0. The minimum absolute atomic E-state index is 0.0139. The number of benzene rings is 4. The summed E-state index contributed by atoms with van der Waals surface area (Å²) in [6.45, 7) is 8.55. The van der Waals surface area contributed by atoms with E-state index in [1.165, 1.54) is 26.4 Å². The van der Waals surface area contributed by atoms with E-state index in [1.54, 1.807) is 26.0 Å². The molecule has 0 bridgehead atoms. The third-order valence-electron chi connectivity index (χ3n) is 8.69. The molecular formula is C48H52F6O9. The highest BCUT2D eigenvalue weighted by atomic mass is 19.4. The molecule has 4 atom stereocenters. The maximum atomic E-state index is 12.6. The van der Waals surface area contributed by atoms with Crippen LogP contribution in [0, 0.1) is 35.5 Å². The molecule has 0 aromatic heterocycles. The van der Waals surface area contributed by atoms with Crippen LogP contribution in [-0.4, -0.2) is 62.8 Å². The van der Waals surface area contributed by atoms with Gasteiger partial charge in [-0.3, -0.25) is 9.59 Å². The molecule has 0 heterocycles. The van der Waals surface area contributed by atoms with Crippen LogP contribution in [0.15, 0.2) is 97.1 Å². The summed E-state index contributed by atoms with van der Waals surface area (Å²) in [5, 5.41) is 17.6. The molecule has 0 aliphatic heterocycles. The van der Waals surface area contributed by atoms with Gasteiger partial charge in [-0.05, 0) is 97.8 Å². The molecule has 4 unspecified atom stereocenters. The van der Waals surface area contributed by atoms with Crippen molar-refractivity contribution >= 4 is 11.9 Å². The zero-order chi connectivity index (χ0) is 47.0. The van der Waals surface area contributed by atoms with Crippen molar-refractivity contribution < 1.29 is 69.8 Å². The van der Waals surface area contributed by atoms with Crippen LogP contribution in [-0.2, 0) is 31.4 Å². The lowest BCUT2D eigenvalue weighted by molar-refractivity contribution is -0.141. The first-order chi connectivity index (χ1) is 29.8. The highest BCUT2D eigenvalue weighted by Gasteiger charge is 2.30. The van der Waals surface area contributed by atoms with Gasteiger partial charge in [-0.25, -0.2) is 0 Å². The Morgan fingerprint density at radius 2 is 0.873 bits per heavy atom. The average molecular weight is 887 g/mol. The van der Waals surface area contributed by atoms with Crippen molar-refractivity contribution in [3.63, 3.8) is 0 Å². The van der Waals surface area contributed by atoms with Crippen LogP contribution in [0.2, 0.25) is 0 Å². The number of esters is 2. The lowest BCUT2D eigenvalue weighted by Crippen LogP contribution is -2.16. The van der Waals surface area contributed by atoms with Crippen LogP contribution in [0.1, 0.15) is 74.6 Å². The Labute approximate surface area is 364 Å². The number of hydrogen-bond donors (Lipinski definition) is 2. The van der Waals surface area contributed by atoms with E-state index in [1.807, 2.05) is 50.2 Å². The fourth-order valence-corrected chi connectivity index (χ4v) is 5.15. The maximum absolute atomic E-state index is 12.6. The summed E-state index contributed by atoms with van der Waals surface area (Å²) in [5.74, 6) is 12.4. The summed E-state index contributed by atoms with van der Waals surface area (Å²) in [4.78, 5) is 23.0. The fourth-order valence-electron chi connectivity index (χ4n) is 5.15. The summed E-state index contributed by atoms with van der Waals surface area (Å²) in [7, 11) is 2.72. The molecule has 9 nitrogen and oxygen atoms in total. The number of ether oxygens (including phenoxy) is 5. The number of carbonyl (C=O) groups excluding carboxylic acids is 2. The van der Waals surface area contributed by atoms with Gasteiger partial charge in [0.25, 0.3) is 0 Å². The Morgan fingerprint density at radius 1 is 0.556 bits per heavy atom. The molecule has 4 aromatic rings. The molecule has 15 heteroatoms. The maximum Gasteiger partial charge on any atom is 0.416 e.